The molecule has 0 aliphatic carbocycles. The molecular weight excluding hydrogens is 196 g/mol. The molecule has 0 saturated carbocycles. The lowest BCUT2D eigenvalue weighted by Gasteiger charge is -2.27. The van der Waals surface area contributed by atoms with E-state index in [9.17, 15) is 4.79 Å². The Morgan fingerprint density at radius 3 is 3.07 bits per heavy atom. The monoisotopic (exact) mass is 208 g/mol. The predicted molar refractivity (Wildman–Crippen MR) is 54.8 cm³/mol. The highest BCUT2D eigenvalue weighted by Gasteiger charge is 2.20. The van der Waals surface area contributed by atoms with Crippen LogP contribution in [0.25, 0.3) is 0 Å². The number of carbonyl (C=O) groups is 1. The number of benzene rings is 1. The van der Waals surface area contributed by atoms with Crippen LogP contribution in [0.4, 0.5) is 5.69 Å². The highest BCUT2D eigenvalue weighted by atomic mass is 16.5. The minimum atomic E-state index is -0.932. The van der Waals surface area contributed by atoms with Gasteiger partial charge >= 0.3 is 5.97 Å². The van der Waals surface area contributed by atoms with Crippen LogP contribution in [0.3, 0.4) is 0 Å². The van der Waals surface area contributed by atoms with E-state index in [0.29, 0.717) is 6.67 Å². The maximum absolute atomic E-state index is 10.8. The predicted octanol–water partition coefficient (Wildman–Crippen LogP) is 1.00. The van der Waals surface area contributed by atoms with Crippen LogP contribution in [-0.2, 0) is 4.74 Å². The van der Waals surface area contributed by atoms with Crippen LogP contribution in [-0.4, -0.2) is 24.9 Å². The summed E-state index contributed by atoms with van der Waals surface area (Å²) in [7, 11) is 1.58. The van der Waals surface area contributed by atoms with Crippen molar-refractivity contribution < 1.29 is 14.6 Å². The van der Waals surface area contributed by atoms with Crippen molar-refractivity contribution in [3.8, 4) is 0 Å². The second-order valence-corrected chi connectivity index (χ2v) is 3.28. The summed E-state index contributed by atoms with van der Waals surface area (Å²) in [5.41, 5.74) is 2.00. The fraction of sp³-hybridized carbons (Fsp3) is 0.300. The number of hydrogen-bond donors (Lipinski definition) is 3. The first-order valence-electron chi connectivity index (χ1n) is 4.59. The van der Waals surface area contributed by atoms with Crippen LogP contribution in [0.15, 0.2) is 18.2 Å². The van der Waals surface area contributed by atoms with Crippen LogP contribution in [0, 0.1) is 0 Å². The molecule has 3 N–H and O–H groups in total. The number of aromatic carboxylic acids is 1. The van der Waals surface area contributed by atoms with Crippen LogP contribution in [0.1, 0.15) is 22.1 Å². The average molecular weight is 208 g/mol. The summed E-state index contributed by atoms with van der Waals surface area (Å²) in [6.07, 6.45) is -0.249. The zero-order chi connectivity index (χ0) is 10.8. The molecule has 0 spiro atoms. The molecule has 1 atom stereocenters. The van der Waals surface area contributed by atoms with Gasteiger partial charge in [-0.2, -0.15) is 0 Å². The minimum Gasteiger partial charge on any atom is -0.478 e. The molecule has 1 heterocycles. The fourth-order valence-electron chi connectivity index (χ4n) is 1.63. The molecule has 0 saturated heterocycles. The van der Waals surface area contributed by atoms with Gasteiger partial charge in [0.2, 0.25) is 0 Å². The van der Waals surface area contributed by atoms with Crippen molar-refractivity contribution in [3.05, 3.63) is 29.3 Å². The van der Waals surface area contributed by atoms with Crippen molar-refractivity contribution in [2.75, 3.05) is 19.1 Å². The van der Waals surface area contributed by atoms with E-state index >= 15 is 0 Å². The Hall–Kier alpha value is -1.59. The zero-order valence-electron chi connectivity index (χ0n) is 8.28. The largest absolute Gasteiger partial charge is 0.478 e. The van der Waals surface area contributed by atoms with Gasteiger partial charge in [-0.25, -0.2) is 4.79 Å². The van der Waals surface area contributed by atoms with Gasteiger partial charge in [-0.3, -0.25) is 5.32 Å². The number of carboxylic acid groups (broad SMARTS) is 1. The van der Waals surface area contributed by atoms with Gasteiger partial charge in [0.1, 0.15) is 6.23 Å². The van der Waals surface area contributed by atoms with E-state index in [1.165, 1.54) is 0 Å². The Morgan fingerprint density at radius 1 is 1.60 bits per heavy atom. The van der Waals surface area contributed by atoms with Gasteiger partial charge in [0.25, 0.3) is 0 Å². The summed E-state index contributed by atoms with van der Waals surface area (Å²) in [5.74, 6) is -0.932. The molecule has 0 aromatic heterocycles. The van der Waals surface area contributed by atoms with Crippen LogP contribution >= 0.6 is 0 Å². The highest BCUT2D eigenvalue weighted by molar-refractivity contribution is 5.88. The number of methoxy groups -OCH3 is 1. The van der Waals surface area contributed by atoms with Crippen molar-refractivity contribution in [1.82, 2.24) is 5.32 Å². The van der Waals surface area contributed by atoms with Crippen LogP contribution in [0.2, 0.25) is 0 Å². The molecule has 1 aromatic rings. The van der Waals surface area contributed by atoms with Gasteiger partial charge < -0.3 is 15.2 Å². The van der Waals surface area contributed by atoms with Gasteiger partial charge in [-0.15, -0.1) is 0 Å². The number of nitrogens with one attached hydrogen (secondary N) is 2. The highest BCUT2D eigenvalue weighted by Crippen LogP contribution is 2.27. The van der Waals surface area contributed by atoms with Gasteiger partial charge in [-0.1, -0.05) is 0 Å². The molecule has 0 fully saturated rings. The SMILES string of the molecule is COC1NCNc2ccc(C(=O)O)cc21. The lowest BCUT2D eigenvalue weighted by atomic mass is 10.1. The van der Waals surface area contributed by atoms with E-state index in [4.69, 9.17) is 9.84 Å². The molecule has 80 valence electrons. The summed E-state index contributed by atoms with van der Waals surface area (Å²) in [6.45, 7) is 0.609. The number of hydrogen-bond acceptors (Lipinski definition) is 4. The van der Waals surface area contributed by atoms with Crippen molar-refractivity contribution in [3.63, 3.8) is 0 Å². The van der Waals surface area contributed by atoms with E-state index in [0.717, 1.165) is 11.3 Å². The molecule has 1 aliphatic heterocycles. The first-order chi connectivity index (χ1) is 7.22. The summed E-state index contributed by atoms with van der Waals surface area (Å²) < 4.78 is 5.21. The lowest BCUT2D eigenvalue weighted by molar-refractivity contribution is 0.0687. The molecule has 0 bridgehead atoms. The number of ether oxygens (including phenoxy) is 1. The molecule has 0 amide bonds. The summed E-state index contributed by atoms with van der Waals surface area (Å²) in [5, 5.41) is 15.0. The Kier molecular flexibility index (Phi) is 2.57. The summed E-state index contributed by atoms with van der Waals surface area (Å²) >= 11 is 0. The van der Waals surface area contributed by atoms with Gasteiger partial charge in [-0.05, 0) is 18.2 Å². The smallest absolute Gasteiger partial charge is 0.335 e. The molecule has 1 aromatic carbocycles. The quantitative estimate of drug-likeness (QED) is 0.676. The third-order valence-electron chi connectivity index (χ3n) is 2.38. The first-order valence-corrected chi connectivity index (χ1v) is 4.59. The van der Waals surface area contributed by atoms with Crippen molar-refractivity contribution >= 4 is 11.7 Å². The topological polar surface area (TPSA) is 70.6 Å². The average Bonchev–Trinajstić information content (AvgIpc) is 2.27. The van der Waals surface area contributed by atoms with Gasteiger partial charge in [0.05, 0.1) is 12.2 Å². The molecule has 5 heteroatoms. The molecule has 0 radical (unpaired) electrons. The van der Waals surface area contributed by atoms with E-state index in [1.54, 1.807) is 25.3 Å². The fourth-order valence-corrected chi connectivity index (χ4v) is 1.63. The number of anilines is 1. The number of fused-ring (bicyclic) bond motifs is 1. The van der Waals surface area contributed by atoms with E-state index < -0.39 is 5.97 Å². The van der Waals surface area contributed by atoms with Crippen molar-refractivity contribution in [2.24, 2.45) is 0 Å². The molecule has 15 heavy (non-hydrogen) atoms. The standard InChI is InChI=1S/C10H12N2O3/c1-15-9-7-4-6(10(13)14)2-3-8(7)11-5-12-9/h2-4,9,11-12H,5H2,1H3,(H,13,14). The normalized spacial score (nSPS) is 19.1. The Bertz CT molecular complexity index is 392. The third-order valence-corrected chi connectivity index (χ3v) is 2.38. The van der Waals surface area contributed by atoms with Crippen molar-refractivity contribution in [1.29, 1.82) is 0 Å². The number of rotatable bonds is 2. The Labute approximate surface area is 87.1 Å². The number of carboxylic acids is 1. The summed E-state index contributed by atoms with van der Waals surface area (Å²) in [6, 6.07) is 4.95. The van der Waals surface area contributed by atoms with Gasteiger partial charge in [0.15, 0.2) is 0 Å². The summed E-state index contributed by atoms with van der Waals surface area (Å²) in [4.78, 5) is 10.8. The first kappa shape index (κ1) is 9.95. The minimum absolute atomic E-state index is 0.249. The van der Waals surface area contributed by atoms with Crippen molar-refractivity contribution in [2.45, 2.75) is 6.23 Å². The van der Waals surface area contributed by atoms with E-state index in [1.807, 2.05) is 0 Å². The Balaban J connectivity index is 2.43. The lowest BCUT2D eigenvalue weighted by Crippen LogP contribution is -2.33. The second-order valence-electron chi connectivity index (χ2n) is 3.28. The van der Waals surface area contributed by atoms with Crippen LogP contribution in [0.5, 0.6) is 0 Å². The maximum atomic E-state index is 10.8. The molecule has 1 aliphatic rings. The molecular formula is C10H12N2O3. The third kappa shape index (κ3) is 1.79. The molecule has 5 nitrogen and oxygen atoms in total. The molecule has 1 unspecified atom stereocenters. The Morgan fingerprint density at radius 2 is 2.40 bits per heavy atom. The van der Waals surface area contributed by atoms with Gasteiger partial charge in [0, 0.05) is 18.4 Å². The van der Waals surface area contributed by atoms with Crippen LogP contribution < -0.4 is 10.6 Å². The zero-order valence-corrected chi connectivity index (χ0v) is 8.28. The maximum Gasteiger partial charge on any atom is 0.335 e. The van der Waals surface area contributed by atoms with E-state index in [-0.39, 0.29) is 11.8 Å². The molecule has 2 rings (SSSR count). The second kappa shape index (κ2) is 3.88. The van der Waals surface area contributed by atoms with E-state index in [2.05, 4.69) is 10.6 Å².